The lowest BCUT2D eigenvalue weighted by molar-refractivity contribution is 0.0690. The molecule has 1 saturated carbocycles. The van der Waals surface area contributed by atoms with Crippen LogP contribution in [0.5, 0.6) is 11.5 Å². The van der Waals surface area contributed by atoms with Crippen molar-refractivity contribution in [2.45, 2.75) is 39.3 Å². The number of nitrogens with two attached hydrogens (primary N) is 1. The zero-order chi connectivity index (χ0) is 24.9. The highest BCUT2D eigenvalue weighted by Gasteiger charge is 2.25. The predicted molar refractivity (Wildman–Crippen MR) is 141 cm³/mol. The van der Waals surface area contributed by atoms with E-state index in [1.165, 1.54) is 6.07 Å². The smallest absolute Gasteiger partial charge is 0.354 e. The maximum absolute atomic E-state index is 12.9. The van der Waals surface area contributed by atoms with Gasteiger partial charge in [-0.25, -0.2) is 14.8 Å². The fraction of sp³-hybridized carbons (Fsp3) is 0.360. The highest BCUT2D eigenvalue weighted by atomic mass is 35.5. The van der Waals surface area contributed by atoms with Crippen molar-refractivity contribution in [3.8, 4) is 23.0 Å². The standard InChI is InChI=1S/C25H28N4O6.2ClH/c1-3-33-19-10-9-16(11-20(19)34-13-15-7-8-15)24-29-21(22(35-24)14(2)26)23(30)27-12-17-5-4-6-18(28-17)25(31)32;;/h4-6,9-11,14-15H,3,7-8,12-13,26H2,1-2H3,(H,27,30)(H,31,32);2*1H. The molecule has 1 aliphatic rings. The van der Waals surface area contributed by atoms with Crippen molar-refractivity contribution >= 4 is 36.7 Å². The quantitative estimate of drug-likeness (QED) is 0.314. The van der Waals surface area contributed by atoms with Gasteiger partial charge in [0, 0.05) is 5.56 Å². The van der Waals surface area contributed by atoms with Crippen LogP contribution in [-0.4, -0.2) is 40.2 Å². The number of carbonyl (C=O) groups is 2. The van der Waals surface area contributed by atoms with Crippen LogP contribution >= 0.6 is 24.8 Å². The van der Waals surface area contributed by atoms with Crippen LogP contribution < -0.4 is 20.5 Å². The zero-order valence-electron chi connectivity index (χ0n) is 20.4. The number of hydrogen-bond donors (Lipinski definition) is 3. The summed E-state index contributed by atoms with van der Waals surface area (Å²) in [7, 11) is 0. The molecule has 0 spiro atoms. The Hall–Kier alpha value is -3.34. The van der Waals surface area contributed by atoms with Crippen LogP contribution in [0.1, 0.15) is 65.2 Å². The number of nitrogens with zero attached hydrogens (tertiary/aromatic N) is 2. The number of ether oxygens (including phenoxy) is 2. The number of carbonyl (C=O) groups excluding carboxylic acids is 1. The van der Waals surface area contributed by atoms with Crippen molar-refractivity contribution in [3.05, 3.63) is 59.2 Å². The summed E-state index contributed by atoms with van der Waals surface area (Å²) in [4.78, 5) is 32.5. The van der Waals surface area contributed by atoms with Crippen LogP contribution in [-0.2, 0) is 6.54 Å². The molecule has 1 unspecified atom stereocenters. The molecule has 2 aromatic heterocycles. The third kappa shape index (κ3) is 7.58. The van der Waals surface area contributed by atoms with Gasteiger partial charge in [0.05, 0.1) is 31.5 Å². The van der Waals surface area contributed by atoms with Gasteiger partial charge >= 0.3 is 5.97 Å². The molecule has 1 aromatic carbocycles. The maximum Gasteiger partial charge on any atom is 0.354 e. The van der Waals surface area contributed by atoms with Crippen molar-refractivity contribution in [1.82, 2.24) is 15.3 Å². The Morgan fingerprint density at radius 1 is 1.16 bits per heavy atom. The van der Waals surface area contributed by atoms with Crippen LogP contribution in [0.4, 0.5) is 0 Å². The summed E-state index contributed by atoms with van der Waals surface area (Å²) >= 11 is 0. The molecule has 4 rings (SSSR count). The molecule has 1 fully saturated rings. The molecule has 37 heavy (non-hydrogen) atoms. The van der Waals surface area contributed by atoms with Crippen LogP contribution in [0.3, 0.4) is 0 Å². The normalized spacial score (nSPS) is 13.1. The van der Waals surface area contributed by atoms with E-state index in [9.17, 15) is 9.59 Å². The molecule has 0 bridgehead atoms. The minimum atomic E-state index is -1.14. The van der Waals surface area contributed by atoms with Crippen LogP contribution in [0.15, 0.2) is 40.8 Å². The fourth-order valence-corrected chi connectivity index (χ4v) is 3.40. The first kappa shape index (κ1) is 29.9. The van der Waals surface area contributed by atoms with Gasteiger partial charge in [0.25, 0.3) is 5.91 Å². The molecule has 0 aliphatic heterocycles. The molecule has 2 heterocycles. The van der Waals surface area contributed by atoms with Gasteiger partial charge < -0.3 is 30.0 Å². The van der Waals surface area contributed by atoms with Crippen molar-refractivity contribution in [3.63, 3.8) is 0 Å². The van der Waals surface area contributed by atoms with Crippen LogP contribution in [0, 0.1) is 5.92 Å². The molecule has 4 N–H and O–H groups in total. The van der Waals surface area contributed by atoms with E-state index in [1.54, 1.807) is 37.3 Å². The van der Waals surface area contributed by atoms with Gasteiger partial charge in [-0.1, -0.05) is 6.07 Å². The van der Waals surface area contributed by atoms with E-state index in [0.29, 0.717) is 41.9 Å². The number of nitrogens with one attached hydrogen (secondary N) is 1. The number of halogens is 2. The number of benzene rings is 1. The number of aromatic nitrogens is 2. The van der Waals surface area contributed by atoms with Crippen LogP contribution in [0.2, 0.25) is 0 Å². The summed E-state index contributed by atoms with van der Waals surface area (Å²) < 4.78 is 17.5. The molecular weight excluding hydrogens is 523 g/mol. The minimum Gasteiger partial charge on any atom is -0.490 e. The molecule has 10 nitrogen and oxygen atoms in total. The molecule has 1 aliphatic carbocycles. The van der Waals surface area contributed by atoms with E-state index in [0.717, 1.165) is 12.8 Å². The van der Waals surface area contributed by atoms with E-state index < -0.39 is 17.9 Å². The van der Waals surface area contributed by atoms with Crippen molar-refractivity contribution in [1.29, 1.82) is 0 Å². The second kappa shape index (κ2) is 13.3. The van der Waals surface area contributed by atoms with E-state index in [4.69, 9.17) is 24.7 Å². The van der Waals surface area contributed by atoms with Gasteiger partial charge in [-0.2, -0.15) is 0 Å². The van der Waals surface area contributed by atoms with E-state index in [-0.39, 0.29) is 54.4 Å². The van der Waals surface area contributed by atoms with E-state index in [1.807, 2.05) is 6.92 Å². The Balaban J connectivity index is 0.00000241. The largest absolute Gasteiger partial charge is 0.490 e. The second-order valence-corrected chi connectivity index (χ2v) is 8.37. The van der Waals surface area contributed by atoms with Crippen molar-refractivity contribution in [2.24, 2.45) is 11.7 Å². The molecule has 0 saturated heterocycles. The topological polar surface area (TPSA) is 150 Å². The van der Waals surface area contributed by atoms with Crippen molar-refractivity contribution < 1.29 is 28.6 Å². The molecule has 200 valence electrons. The number of hydrogen-bond acceptors (Lipinski definition) is 8. The third-order valence-electron chi connectivity index (χ3n) is 5.40. The first-order valence-corrected chi connectivity index (χ1v) is 11.5. The molecule has 12 heteroatoms. The highest BCUT2D eigenvalue weighted by molar-refractivity contribution is 5.94. The lowest BCUT2D eigenvalue weighted by atomic mass is 10.2. The molecule has 1 atom stereocenters. The summed E-state index contributed by atoms with van der Waals surface area (Å²) in [5, 5.41) is 11.8. The lowest BCUT2D eigenvalue weighted by Gasteiger charge is -2.12. The number of aromatic carboxylic acids is 1. The Morgan fingerprint density at radius 2 is 1.92 bits per heavy atom. The average molecular weight is 553 g/mol. The minimum absolute atomic E-state index is 0. The number of carboxylic acid groups (broad SMARTS) is 1. The Morgan fingerprint density at radius 3 is 2.57 bits per heavy atom. The Kier molecular flexibility index (Phi) is 10.7. The summed E-state index contributed by atoms with van der Waals surface area (Å²) in [6.45, 7) is 4.73. The third-order valence-corrected chi connectivity index (χ3v) is 5.40. The SMILES string of the molecule is CCOc1ccc(-c2nc(C(=O)NCc3cccc(C(=O)O)n3)c(C(C)N)o2)cc1OCC1CC1.Cl.Cl. The Bertz CT molecular complexity index is 1230. The van der Waals surface area contributed by atoms with Crippen molar-refractivity contribution in [2.75, 3.05) is 13.2 Å². The van der Waals surface area contributed by atoms with Gasteiger partial charge in [-0.3, -0.25) is 4.79 Å². The second-order valence-electron chi connectivity index (χ2n) is 8.37. The molecule has 3 aromatic rings. The monoisotopic (exact) mass is 552 g/mol. The highest BCUT2D eigenvalue weighted by Crippen LogP contribution is 2.36. The Labute approximate surface area is 226 Å². The predicted octanol–water partition coefficient (Wildman–Crippen LogP) is 4.42. The first-order chi connectivity index (χ1) is 16.9. The van der Waals surface area contributed by atoms with E-state index >= 15 is 0 Å². The summed E-state index contributed by atoms with van der Waals surface area (Å²) in [6.07, 6.45) is 2.32. The first-order valence-electron chi connectivity index (χ1n) is 11.5. The molecular formula is C25H30Cl2N4O6. The summed E-state index contributed by atoms with van der Waals surface area (Å²) in [5.41, 5.74) is 7.02. The van der Waals surface area contributed by atoms with Crippen LogP contribution in [0.25, 0.3) is 11.5 Å². The molecule has 1 amide bonds. The van der Waals surface area contributed by atoms with E-state index in [2.05, 4.69) is 15.3 Å². The maximum atomic E-state index is 12.9. The number of rotatable bonds is 11. The number of pyridine rings is 1. The number of amides is 1. The van der Waals surface area contributed by atoms with Gasteiger partial charge in [0.15, 0.2) is 23.0 Å². The fourth-order valence-electron chi connectivity index (χ4n) is 3.40. The lowest BCUT2D eigenvalue weighted by Crippen LogP contribution is -2.26. The van der Waals surface area contributed by atoms with Gasteiger partial charge in [-0.15, -0.1) is 24.8 Å². The van der Waals surface area contributed by atoms with Gasteiger partial charge in [-0.05, 0) is 62.9 Å². The average Bonchev–Trinajstić information content (AvgIpc) is 3.57. The summed E-state index contributed by atoms with van der Waals surface area (Å²) in [6, 6.07) is 9.34. The molecule has 0 radical (unpaired) electrons. The van der Waals surface area contributed by atoms with Gasteiger partial charge in [0.2, 0.25) is 5.89 Å². The number of oxazole rings is 1. The van der Waals surface area contributed by atoms with Gasteiger partial charge in [0.1, 0.15) is 5.69 Å². The summed E-state index contributed by atoms with van der Waals surface area (Å²) in [5.74, 6) is 0.602. The zero-order valence-corrected chi connectivity index (χ0v) is 22.1. The number of carboxylic acids is 1.